The molecule has 20 heavy (non-hydrogen) atoms. The molecule has 102 valence electrons. The summed E-state index contributed by atoms with van der Waals surface area (Å²) in [6.07, 6.45) is 0. The summed E-state index contributed by atoms with van der Waals surface area (Å²) >= 11 is 3.30. The van der Waals surface area contributed by atoms with E-state index in [9.17, 15) is 14.9 Å². The zero-order chi connectivity index (χ0) is 14.7. The third-order valence-corrected chi connectivity index (χ3v) is 3.07. The van der Waals surface area contributed by atoms with Crippen LogP contribution in [-0.2, 0) is 0 Å². The number of nitro groups is 1. The summed E-state index contributed by atoms with van der Waals surface area (Å²) in [7, 11) is 0. The van der Waals surface area contributed by atoms with Crippen molar-refractivity contribution >= 4 is 27.4 Å². The summed E-state index contributed by atoms with van der Waals surface area (Å²) in [5.74, 6) is 0.519. The molecule has 6 heteroatoms. The molecule has 2 aromatic rings. The van der Waals surface area contributed by atoms with Gasteiger partial charge in [-0.2, -0.15) is 0 Å². The van der Waals surface area contributed by atoms with E-state index in [1.807, 2.05) is 0 Å². The summed E-state index contributed by atoms with van der Waals surface area (Å²) in [5, 5.41) is 10.7. The van der Waals surface area contributed by atoms with Gasteiger partial charge in [-0.3, -0.25) is 14.9 Å². The highest BCUT2D eigenvalue weighted by molar-refractivity contribution is 9.10. The fourth-order valence-electron chi connectivity index (χ4n) is 1.66. The van der Waals surface area contributed by atoms with Crippen molar-refractivity contribution < 1.29 is 14.5 Å². The molecular formula is C14H10BrNO4. The fraction of sp³-hybridized carbons (Fsp3) is 0.0714. The van der Waals surface area contributed by atoms with E-state index >= 15 is 0 Å². The van der Waals surface area contributed by atoms with Crippen LogP contribution in [0.2, 0.25) is 0 Å². The number of ether oxygens (including phenoxy) is 1. The molecule has 2 rings (SSSR count). The van der Waals surface area contributed by atoms with E-state index < -0.39 is 4.92 Å². The van der Waals surface area contributed by atoms with E-state index in [0.717, 1.165) is 4.47 Å². The molecule has 0 aliphatic carbocycles. The molecule has 0 amide bonds. The first-order valence-electron chi connectivity index (χ1n) is 5.70. The van der Waals surface area contributed by atoms with Crippen molar-refractivity contribution in [1.29, 1.82) is 0 Å². The molecule has 2 aromatic carbocycles. The van der Waals surface area contributed by atoms with Crippen LogP contribution in [0, 0.1) is 10.1 Å². The number of benzene rings is 2. The van der Waals surface area contributed by atoms with Gasteiger partial charge >= 0.3 is 0 Å². The predicted molar refractivity (Wildman–Crippen MR) is 77.3 cm³/mol. The van der Waals surface area contributed by atoms with Crippen molar-refractivity contribution in [1.82, 2.24) is 0 Å². The molecule has 0 bridgehead atoms. The molecule has 0 heterocycles. The number of nitrogens with zero attached hydrogens (tertiary/aromatic N) is 1. The molecule has 0 aromatic heterocycles. The minimum absolute atomic E-state index is 0.0677. The van der Waals surface area contributed by atoms with Gasteiger partial charge in [0.25, 0.3) is 5.69 Å². The summed E-state index contributed by atoms with van der Waals surface area (Å²) in [6, 6.07) is 10.8. The molecule has 5 nitrogen and oxygen atoms in total. The third kappa shape index (κ3) is 3.21. The van der Waals surface area contributed by atoms with Crippen LogP contribution in [0.5, 0.6) is 11.5 Å². The van der Waals surface area contributed by atoms with Crippen LogP contribution < -0.4 is 4.74 Å². The van der Waals surface area contributed by atoms with Gasteiger partial charge < -0.3 is 4.74 Å². The lowest BCUT2D eigenvalue weighted by Crippen LogP contribution is -1.97. The first-order chi connectivity index (χ1) is 9.47. The van der Waals surface area contributed by atoms with Crippen molar-refractivity contribution in [2.45, 2.75) is 6.92 Å². The van der Waals surface area contributed by atoms with Crippen LogP contribution >= 0.6 is 15.9 Å². The molecule has 0 aliphatic heterocycles. The maximum Gasteiger partial charge on any atom is 0.273 e. The van der Waals surface area contributed by atoms with Gasteiger partial charge in [-0.05, 0) is 31.2 Å². The zero-order valence-corrected chi connectivity index (χ0v) is 12.1. The van der Waals surface area contributed by atoms with Gasteiger partial charge in [0.05, 0.1) is 16.6 Å². The lowest BCUT2D eigenvalue weighted by Gasteiger charge is -2.09. The average Bonchev–Trinajstić information content (AvgIpc) is 2.38. The van der Waals surface area contributed by atoms with Gasteiger partial charge in [0, 0.05) is 10.5 Å². The highest BCUT2D eigenvalue weighted by Gasteiger charge is 2.12. The molecule has 0 saturated carbocycles. The van der Waals surface area contributed by atoms with Crippen molar-refractivity contribution in [3.05, 3.63) is 62.6 Å². The van der Waals surface area contributed by atoms with Crippen LogP contribution in [0.3, 0.4) is 0 Å². The monoisotopic (exact) mass is 335 g/mol. The standard InChI is InChI=1S/C14H10BrNO4/c1-9(17)13-6-5-10(15)7-14(13)20-12-4-2-3-11(8-12)16(18)19/h2-8H,1H3. The quantitative estimate of drug-likeness (QED) is 0.473. The Hall–Kier alpha value is -2.21. The maximum absolute atomic E-state index is 11.5. The molecular weight excluding hydrogens is 326 g/mol. The first-order valence-corrected chi connectivity index (χ1v) is 6.49. The topological polar surface area (TPSA) is 69.4 Å². The number of hydrogen-bond donors (Lipinski definition) is 0. The van der Waals surface area contributed by atoms with Gasteiger partial charge in [-0.15, -0.1) is 0 Å². The van der Waals surface area contributed by atoms with E-state index in [1.54, 1.807) is 24.3 Å². The number of carbonyl (C=O) groups excluding carboxylic acids is 1. The second-order valence-corrected chi connectivity index (χ2v) is 4.97. The minimum atomic E-state index is -0.500. The Balaban J connectivity index is 2.39. The SMILES string of the molecule is CC(=O)c1ccc(Br)cc1Oc1cccc([N+](=O)[O-])c1. The normalized spacial score (nSPS) is 10.1. The molecule has 0 unspecified atom stereocenters. The van der Waals surface area contributed by atoms with Gasteiger partial charge in [0.2, 0.25) is 0 Å². The van der Waals surface area contributed by atoms with Crippen LogP contribution in [0.15, 0.2) is 46.9 Å². The Bertz CT molecular complexity index is 685. The lowest BCUT2D eigenvalue weighted by atomic mass is 10.1. The second-order valence-electron chi connectivity index (χ2n) is 4.05. The fourth-order valence-corrected chi connectivity index (χ4v) is 2.00. The molecule has 0 atom stereocenters. The molecule has 0 aliphatic rings. The third-order valence-electron chi connectivity index (χ3n) is 2.58. The Morgan fingerprint density at radius 3 is 2.65 bits per heavy atom. The van der Waals surface area contributed by atoms with E-state index in [1.165, 1.54) is 25.1 Å². The van der Waals surface area contributed by atoms with Gasteiger partial charge in [0.15, 0.2) is 5.78 Å². The number of ketones is 1. The van der Waals surface area contributed by atoms with Crippen LogP contribution in [0.1, 0.15) is 17.3 Å². The number of Topliss-reactive ketones (excluding diaryl/α,β-unsaturated/α-hetero) is 1. The number of rotatable bonds is 4. The highest BCUT2D eigenvalue weighted by Crippen LogP contribution is 2.30. The van der Waals surface area contributed by atoms with Gasteiger partial charge in [-0.25, -0.2) is 0 Å². The largest absolute Gasteiger partial charge is 0.456 e. The summed E-state index contributed by atoms with van der Waals surface area (Å²) in [5.41, 5.74) is 0.349. The van der Waals surface area contributed by atoms with E-state index in [4.69, 9.17) is 4.74 Å². The number of carbonyl (C=O) groups is 1. The summed E-state index contributed by atoms with van der Waals surface area (Å²) in [6.45, 7) is 1.43. The van der Waals surface area contributed by atoms with E-state index in [2.05, 4.69) is 15.9 Å². The molecule has 0 fully saturated rings. The number of non-ortho nitro benzene ring substituents is 1. The van der Waals surface area contributed by atoms with Crippen LogP contribution in [0.25, 0.3) is 0 Å². The Morgan fingerprint density at radius 2 is 2.00 bits per heavy atom. The van der Waals surface area contributed by atoms with Gasteiger partial charge in [0.1, 0.15) is 11.5 Å². The Morgan fingerprint density at radius 1 is 1.25 bits per heavy atom. The number of halogens is 1. The van der Waals surface area contributed by atoms with Crippen LogP contribution in [0.4, 0.5) is 5.69 Å². The van der Waals surface area contributed by atoms with Crippen molar-refractivity contribution in [2.24, 2.45) is 0 Å². The van der Waals surface area contributed by atoms with Gasteiger partial charge in [-0.1, -0.05) is 22.0 Å². The first kappa shape index (κ1) is 14.2. The lowest BCUT2D eigenvalue weighted by molar-refractivity contribution is -0.384. The average molecular weight is 336 g/mol. The van der Waals surface area contributed by atoms with Crippen LogP contribution in [-0.4, -0.2) is 10.7 Å². The predicted octanol–water partition coefficient (Wildman–Crippen LogP) is 4.35. The number of hydrogen-bond acceptors (Lipinski definition) is 4. The summed E-state index contributed by atoms with van der Waals surface area (Å²) < 4.78 is 6.34. The van der Waals surface area contributed by atoms with Crippen molar-refractivity contribution in [3.63, 3.8) is 0 Å². The molecule has 0 spiro atoms. The molecule has 0 radical (unpaired) electrons. The smallest absolute Gasteiger partial charge is 0.273 e. The van der Waals surface area contributed by atoms with E-state index in [0.29, 0.717) is 17.1 Å². The van der Waals surface area contributed by atoms with Crippen molar-refractivity contribution in [3.8, 4) is 11.5 Å². The Kier molecular flexibility index (Phi) is 4.14. The summed E-state index contributed by atoms with van der Waals surface area (Å²) in [4.78, 5) is 21.8. The zero-order valence-electron chi connectivity index (χ0n) is 10.5. The minimum Gasteiger partial charge on any atom is -0.456 e. The van der Waals surface area contributed by atoms with E-state index in [-0.39, 0.29) is 11.5 Å². The van der Waals surface area contributed by atoms with Crippen molar-refractivity contribution in [2.75, 3.05) is 0 Å². The molecule has 0 saturated heterocycles. The second kappa shape index (κ2) is 5.83. The Labute approximate surface area is 123 Å². The highest BCUT2D eigenvalue weighted by atomic mass is 79.9. The maximum atomic E-state index is 11.5. The molecule has 0 N–H and O–H groups in total. The number of nitro benzene ring substituents is 1.